The first-order valence-corrected chi connectivity index (χ1v) is 11.8. The second kappa shape index (κ2) is 9.73. The molecule has 3 atom stereocenters. The number of hydrogen-bond acceptors (Lipinski definition) is 6. The zero-order chi connectivity index (χ0) is 23.7. The minimum atomic E-state index is -0.571. The van der Waals surface area contributed by atoms with Gasteiger partial charge < -0.3 is 20.2 Å². The number of anilines is 1. The number of aryl methyl sites for hydroxylation is 1. The molecule has 0 bridgehead atoms. The van der Waals surface area contributed by atoms with Crippen LogP contribution in [-0.4, -0.2) is 64.6 Å². The zero-order valence-corrected chi connectivity index (χ0v) is 19.9. The topological polar surface area (TPSA) is 81.6 Å². The SMILES string of the molecule is Cc1ccc([C@@H](CNC(C)C)C(=O)N2CCN(c3ncnc4c3[C@H](C)C[C@@H]4O)CC2)c(F)c1. The number of aromatic nitrogens is 2. The molecule has 1 aliphatic heterocycles. The smallest absolute Gasteiger partial charge is 0.231 e. The van der Waals surface area contributed by atoms with E-state index in [0.717, 1.165) is 22.6 Å². The van der Waals surface area contributed by atoms with Crippen LogP contribution in [0.15, 0.2) is 24.5 Å². The number of nitrogens with one attached hydrogen (secondary N) is 1. The lowest BCUT2D eigenvalue weighted by molar-refractivity contribution is -0.133. The first-order valence-electron chi connectivity index (χ1n) is 11.8. The van der Waals surface area contributed by atoms with Crippen LogP contribution in [0, 0.1) is 12.7 Å². The van der Waals surface area contributed by atoms with Gasteiger partial charge in [-0.2, -0.15) is 0 Å². The number of amides is 1. The van der Waals surface area contributed by atoms with Crippen LogP contribution in [0.3, 0.4) is 0 Å². The summed E-state index contributed by atoms with van der Waals surface area (Å²) in [5, 5.41) is 13.6. The molecule has 1 aromatic heterocycles. The lowest BCUT2D eigenvalue weighted by Gasteiger charge is -2.38. The molecular weight excluding hydrogens is 421 g/mol. The number of benzene rings is 1. The van der Waals surface area contributed by atoms with Crippen molar-refractivity contribution in [3.8, 4) is 0 Å². The van der Waals surface area contributed by atoms with Gasteiger partial charge in [-0.05, 0) is 30.9 Å². The Morgan fingerprint density at radius 1 is 1.24 bits per heavy atom. The third-order valence-electron chi connectivity index (χ3n) is 6.73. The van der Waals surface area contributed by atoms with Gasteiger partial charge in [0.05, 0.1) is 17.7 Å². The van der Waals surface area contributed by atoms with Crippen molar-refractivity contribution in [1.82, 2.24) is 20.2 Å². The molecule has 8 heteroatoms. The highest BCUT2D eigenvalue weighted by Crippen LogP contribution is 2.42. The number of fused-ring (bicyclic) bond motifs is 1. The van der Waals surface area contributed by atoms with E-state index in [-0.39, 0.29) is 23.7 Å². The van der Waals surface area contributed by atoms with Gasteiger partial charge in [-0.15, -0.1) is 0 Å². The van der Waals surface area contributed by atoms with Crippen molar-refractivity contribution in [1.29, 1.82) is 0 Å². The molecule has 2 aliphatic rings. The number of aliphatic hydroxyl groups excluding tert-OH is 1. The highest BCUT2D eigenvalue weighted by molar-refractivity contribution is 5.84. The molecule has 7 nitrogen and oxygen atoms in total. The van der Waals surface area contributed by atoms with Crippen molar-refractivity contribution in [2.24, 2.45) is 0 Å². The van der Waals surface area contributed by atoms with Gasteiger partial charge >= 0.3 is 0 Å². The summed E-state index contributed by atoms with van der Waals surface area (Å²) in [4.78, 5) is 26.3. The molecule has 1 aromatic carbocycles. The molecule has 1 saturated heterocycles. The first kappa shape index (κ1) is 23.6. The average Bonchev–Trinajstić information content (AvgIpc) is 3.08. The maximum atomic E-state index is 14.8. The first-order chi connectivity index (χ1) is 15.8. The zero-order valence-electron chi connectivity index (χ0n) is 19.9. The summed E-state index contributed by atoms with van der Waals surface area (Å²) < 4.78 is 14.8. The summed E-state index contributed by atoms with van der Waals surface area (Å²) in [6.45, 7) is 10.7. The quantitative estimate of drug-likeness (QED) is 0.697. The highest BCUT2D eigenvalue weighted by atomic mass is 19.1. The normalized spacial score (nSPS) is 21.4. The van der Waals surface area contributed by atoms with Gasteiger partial charge in [-0.1, -0.05) is 32.9 Å². The predicted octanol–water partition coefficient (Wildman–Crippen LogP) is 2.90. The second-order valence-electron chi connectivity index (χ2n) is 9.60. The minimum absolute atomic E-state index is 0.0535. The Morgan fingerprint density at radius 3 is 2.64 bits per heavy atom. The maximum Gasteiger partial charge on any atom is 0.231 e. The molecule has 1 amide bonds. The van der Waals surface area contributed by atoms with Gasteiger partial charge in [0.2, 0.25) is 5.91 Å². The summed E-state index contributed by atoms with van der Waals surface area (Å²) in [5.74, 6) is 0.0996. The number of nitrogens with zero attached hydrogens (tertiary/aromatic N) is 4. The fourth-order valence-corrected chi connectivity index (χ4v) is 4.91. The molecular formula is C25H34FN5O2. The largest absolute Gasteiger partial charge is 0.387 e. The van der Waals surface area contributed by atoms with Crippen molar-refractivity contribution in [3.05, 3.63) is 52.7 Å². The van der Waals surface area contributed by atoms with Gasteiger partial charge in [-0.25, -0.2) is 14.4 Å². The second-order valence-corrected chi connectivity index (χ2v) is 9.60. The molecule has 33 heavy (non-hydrogen) atoms. The molecule has 2 heterocycles. The molecule has 178 valence electrons. The van der Waals surface area contributed by atoms with Crippen LogP contribution in [0.2, 0.25) is 0 Å². The molecule has 0 saturated carbocycles. The van der Waals surface area contributed by atoms with Gasteiger partial charge in [0.15, 0.2) is 0 Å². The number of carbonyl (C=O) groups is 1. The van der Waals surface area contributed by atoms with E-state index in [0.29, 0.717) is 44.7 Å². The van der Waals surface area contributed by atoms with Crippen molar-refractivity contribution in [2.45, 2.75) is 58.1 Å². The standard InChI is InChI=1S/C25H34FN5O2/c1-15(2)27-13-19(18-6-5-16(3)11-20(18)26)25(33)31-9-7-30(8-10-31)24-22-17(4)12-21(32)23(22)28-14-29-24/h5-6,11,14-15,17,19,21,27,32H,7-10,12-13H2,1-4H3/t17-,19-,21+/m1/s1. The fourth-order valence-electron chi connectivity index (χ4n) is 4.91. The van der Waals surface area contributed by atoms with Crippen LogP contribution >= 0.6 is 0 Å². The van der Waals surface area contributed by atoms with Crippen molar-refractivity contribution in [2.75, 3.05) is 37.6 Å². The van der Waals surface area contributed by atoms with E-state index in [4.69, 9.17) is 0 Å². The number of piperazine rings is 1. The van der Waals surface area contributed by atoms with E-state index in [9.17, 15) is 14.3 Å². The van der Waals surface area contributed by atoms with E-state index >= 15 is 0 Å². The number of hydrogen-bond donors (Lipinski definition) is 2. The summed E-state index contributed by atoms with van der Waals surface area (Å²) in [6, 6.07) is 5.29. The van der Waals surface area contributed by atoms with Crippen LogP contribution in [-0.2, 0) is 4.79 Å². The van der Waals surface area contributed by atoms with Gasteiger partial charge in [0, 0.05) is 49.9 Å². The summed E-state index contributed by atoms with van der Waals surface area (Å²) in [6.07, 6.45) is 1.63. The Kier molecular flexibility index (Phi) is 6.95. The van der Waals surface area contributed by atoms with Crippen LogP contribution in [0.1, 0.15) is 67.5 Å². The fraction of sp³-hybridized carbons (Fsp3) is 0.560. The van der Waals surface area contributed by atoms with E-state index < -0.39 is 12.0 Å². The molecule has 0 spiro atoms. The van der Waals surface area contributed by atoms with Gasteiger partial charge in [0.1, 0.15) is 18.0 Å². The summed E-state index contributed by atoms with van der Waals surface area (Å²) in [5.41, 5.74) is 3.02. The molecule has 2 N–H and O–H groups in total. The Morgan fingerprint density at radius 2 is 1.97 bits per heavy atom. The van der Waals surface area contributed by atoms with Crippen molar-refractivity contribution >= 4 is 11.7 Å². The summed E-state index contributed by atoms with van der Waals surface area (Å²) in [7, 11) is 0. The summed E-state index contributed by atoms with van der Waals surface area (Å²) >= 11 is 0. The number of halogens is 1. The van der Waals surface area contributed by atoms with E-state index in [2.05, 4.69) is 27.1 Å². The Labute approximate surface area is 195 Å². The minimum Gasteiger partial charge on any atom is -0.387 e. The van der Waals surface area contributed by atoms with Crippen LogP contribution in [0.4, 0.5) is 10.2 Å². The Balaban J connectivity index is 1.50. The van der Waals surface area contributed by atoms with Gasteiger partial charge in [-0.3, -0.25) is 4.79 Å². The van der Waals surface area contributed by atoms with E-state index in [1.807, 2.05) is 31.7 Å². The molecule has 4 rings (SSSR count). The van der Waals surface area contributed by atoms with Crippen LogP contribution in [0.25, 0.3) is 0 Å². The molecule has 0 radical (unpaired) electrons. The third-order valence-corrected chi connectivity index (χ3v) is 6.73. The number of aliphatic hydroxyl groups is 1. The lowest BCUT2D eigenvalue weighted by Crippen LogP contribution is -2.51. The van der Waals surface area contributed by atoms with Crippen molar-refractivity contribution < 1.29 is 14.3 Å². The monoisotopic (exact) mass is 455 g/mol. The predicted molar refractivity (Wildman–Crippen MR) is 126 cm³/mol. The molecule has 0 unspecified atom stereocenters. The average molecular weight is 456 g/mol. The van der Waals surface area contributed by atoms with E-state index in [1.54, 1.807) is 6.07 Å². The molecule has 1 fully saturated rings. The number of rotatable bonds is 6. The Bertz CT molecular complexity index is 1010. The van der Waals surface area contributed by atoms with Crippen LogP contribution in [0.5, 0.6) is 0 Å². The molecule has 1 aliphatic carbocycles. The highest BCUT2D eigenvalue weighted by Gasteiger charge is 2.35. The van der Waals surface area contributed by atoms with Crippen molar-refractivity contribution in [3.63, 3.8) is 0 Å². The maximum absolute atomic E-state index is 14.8. The van der Waals surface area contributed by atoms with Gasteiger partial charge in [0.25, 0.3) is 0 Å². The lowest BCUT2D eigenvalue weighted by atomic mass is 9.95. The Hall–Kier alpha value is -2.58. The van der Waals surface area contributed by atoms with E-state index in [1.165, 1.54) is 12.4 Å². The van der Waals surface area contributed by atoms with Crippen LogP contribution < -0.4 is 10.2 Å². The third kappa shape index (κ3) is 4.87. The molecule has 2 aromatic rings. The number of carbonyl (C=O) groups excluding carboxylic acids is 1.